The third-order valence-electron chi connectivity index (χ3n) is 5.01. The Hall–Kier alpha value is -2.17. The van der Waals surface area contributed by atoms with Gasteiger partial charge in [0, 0.05) is 26.9 Å². The van der Waals surface area contributed by atoms with Crippen molar-refractivity contribution in [3.63, 3.8) is 0 Å². The van der Waals surface area contributed by atoms with E-state index in [-0.39, 0.29) is 12.0 Å². The molecule has 0 aliphatic carbocycles. The van der Waals surface area contributed by atoms with E-state index >= 15 is 0 Å². The highest BCUT2D eigenvalue weighted by Gasteiger charge is 2.41. The van der Waals surface area contributed by atoms with Gasteiger partial charge in [-0.05, 0) is 24.0 Å². The van der Waals surface area contributed by atoms with Gasteiger partial charge in [0.25, 0.3) is 0 Å². The minimum atomic E-state index is -0.519. The fraction of sp³-hybridized carbons (Fsp3) is 0.381. The van der Waals surface area contributed by atoms with Gasteiger partial charge in [-0.3, -0.25) is 4.79 Å². The molecule has 1 fully saturated rings. The summed E-state index contributed by atoms with van der Waals surface area (Å²) in [4.78, 5) is 13.1. The van der Waals surface area contributed by atoms with Crippen LogP contribution in [0.15, 0.2) is 60.7 Å². The Balaban J connectivity index is 1.75. The maximum Gasteiger partial charge on any atom is 0.230 e. The van der Waals surface area contributed by atoms with E-state index in [0.29, 0.717) is 32.6 Å². The molecule has 2 aromatic carbocycles. The SMILES string of the molecule is COC(CNC(=O)C1(c2ccccc2)CCOCC1)c1ccccc1. The Morgan fingerprint density at radius 1 is 1.08 bits per heavy atom. The average molecular weight is 339 g/mol. The van der Waals surface area contributed by atoms with Crippen molar-refractivity contribution in [1.82, 2.24) is 5.32 Å². The van der Waals surface area contributed by atoms with E-state index in [1.807, 2.05) is 60.7 Å². The van der Waals surface area contributed by atoms with Crippen molar-refractivity contribution in [2.75, 3.05) is 26.9 Å². The molecule has 2 aromatic rings. The molecule has 1 aliphatic heterocycles. The van der Waals surface area contributed by atoms with Crippen LogP contribution >= 0.6 is 0 Å². The van der Waals surface area contributed by atoms with Gasteiger partial charge in [0.15, 0.2) is 0 Å². The fourth-order valence-electron chi connectivity index (χ4n) is 3.48. The van der Waals surface area contributed by atoms with E-state index in [1.54, 1.807) is 7.11 Å². The van der Waals surface area contributed by atoms with Gasteiger partial charge in [0.2, 0.25) is 5.91 Å². The Bertz CT molecular complexity index is 666. The Morgan fingerprint density at radius 3 is 2.28 bits per heavy atom. The van der Waals surface area contributed by atoms with Gasteiger partial charge in [-0.25, -0.2) is 0 Å². The predicted octanol–water partition coefficient (Wildman–Crippen LogP) is 3.24. The van der Waals surface area contributed by atoms with Crippen LogP contribution in [0.3, 0.4) is 0 Å². The van der Waals surface area contributed by atoms with E-state index in [2.05, 4.69) is 5.32 Å². The molecule has 0 bridgehead atoms. The lowest BCUT2D eigenvalue weighted by atomic mass is 9.73. The van der Waals surface area contributed by atoms with Crippen LogP contribution in [0.1, 0.15) is 30.1 Å². The number of rotatable bonds is 6. The summed E-state index contributed by atoms with van der Waals surface area (Å²) in [5.41, 5.74) is 1.60. The summed E-state index contributed by atoms with van der Waals surface area (Å²) in [6.07, 6.45) is 1.25. The minimum absolute atomic E-state index is 0.0555. The molecular weight excluding hydrogens is 314 g/mol. The zero-order valence-corrected chi connectivity index (χ0v) is 14.6. The zero-order valence-electron chi connectivity index (χ0n) is 14.6. The Labute approximate surface area is 149 Å². The van der Waals surface area contributed by atoms with Crippen LogP contribution in [0.4, 0.5) is 0 Å². The number of hydrogen-bond acceptors (Lipinski definition) is 3. The first-order chi connectivity index (χ1) is 12.3. The number of carbonyl (C=O) groups excluding carboxylic acids is 1. The molecule has 0 spiro atoms. The van der Waals surface area contributed by atoms with Crippen LogP contribution < -0.4 is 5.32 Å². The van der Waals surface area contributed by atoms with Gasteiger partial charge in [0.1, 0.15) is 0 Å². The summed E-state index contributed by atoms with van der Waals surface area (Å²) in [7, 11) is 1.67. The number of ether oxygens (including phenoxy) is 2. The molecule has 1 aliphatic rings. The fourth-order valence-corrected chi connectivity index (χ4v) is 3.48. The molecule has 0 radical (unpaired) electrons. The maximum absolute atomic E-state index is 13.1. The molecule has 0 saturated carbocycles. The van der Waals surface area contributed by atoms with E-state index in [1.165, 1.54) is 0 Å². The predicted molar refractivity (Wildman–Crippen MR) is 97.4 cm³/mol. The van der Waals surface area contributed by atoms with Gasteiger partial charge in [-0.1, -0.05) is 60.7 Å². The average Bonchev–Trinajstić information content (AvgIpc) is 2.70. The molecule has 25 heavy (non-hydrogen) atoms. The van der Waals surface area contributed by atoms with Crippen LogP contribution in [0.25, 0.3) is 0 Å². The lowest BCUT2D eigenvalue weighted by Crippen LogP contribution is -2.49. The van der Waals surface area contributed by atoms with Crippen molar-refractivity contribution in [2.24, 2.45) is 0 Å². The molecule has 0 aromatic heterocycles. The Morgan fingerprint density at radius 2 is 1.68 bits per heavy atom. The summed E-state index contributed by atoms with van der Waals surface area (Å²) < 4.78 is 11.1. The molecule has 1 saturated heterocycles. The summed E-state index contributed by atoms with van der Waals surface area (Å²) in [6, 6.07) is 20.0. The largest absolute Gasteiger partial charge is 0.381 e. The molecule has 4 nitrogen and oxygen atoms in total. The molecule has 132 valence electrons. The smallest absolute Gasteiger partial charge is 0.230 e. The lowest BCUT2D eigenvalue weighted by Gasteiger charge is -2.36. The summed E-state index contributed by atoms with van der Waals surface area (Å²) in [6.45, 7) is 1.66. The number of hydrogen-bond donors (Lipinski definition) is 1. The summed E-state index contributed by atoms with van der Waals surface area (Å²) >= 11 is 0. The highest BCUT2D eigenvalue weighted by molar-refractivity contribution is 5.88. The topological polar surface area (TPSA) is 47.6 Å². The molecule has 3 rings (SSSR count). The second-order valence-electron chi connectivity index (χ2n) is 6.41. The molecule has 1 atom stereocenters. The van der Waals surface area contributed by atoms with E-state index in [9.17, 15) is 4.79 Å². The van der Waals surface area contributed by atoms with Gasteiger partial charge in [-0.2, -0.15) is 0 Å². The molecule has 1 unspecified atom stereocenters. The summed E-state index contributed by atoms with van der Waals surface area (Å²) in [5, 5.41) is 3.12. The number of carbonyl (C=O) groups is 1. The van der Waals surface area contributed by atoms with Gasteiger partial charge in [0.05, 0.1) is 11.5 Å². The third kappa shape index (κ3) is 3.91. The van der Waals surface area contributed by atoms with Gasteiger partial charge in [-0.15, -0.1) is 0 Å². The monoisotopic (exact) mass is 339 g/mol. The Kier molecular flexibility index (Phi) is 5.84. The standard InChI is InChI=1S/C21H25NO3/c1-24-19(17-8-4-2-5-9-17)16-22-20(23)21(12-14-25-15-13-21)18-10-6-3-7-11-18/h2-11,19H,12-16H2,1H3,(H,22,23). The quantitative estimate of drug-likeness (QED) is 0.879. The van der Waals surface area contributed by atoms with E-state index < -0.39 is 5.41 Å². The van der Waals surface area contributed by atoms with Crippen LogP contribution in [-0.2, 0) is 19.7 Å². The second kappa shape index (κ2) is 8.28. The molecule has 1 heterocycles. The van der Waals surface area contributed by atoms with Crippen molar-refractivity contribution in [2.45, 2.75) is 24.4 Å². The van der Waals surface area contributed by atoms with Crippen molar-refractivity contribution in [1.29, 1.82) is 0 Å². The first-order valence-electron chi connectivity index (χ1n) is 8.75. The maximum atomic E-state index is 13.1. The molecule has 1 N–H and O–H groups in total. The number of benzene rings is 2. The third-order valence-corrected chi connectivity index (χ3v) is 5.01. The number of methoxy groups -OCH3 is 1. The zero-order chi connectivity index (χ0) is 17.5. The lowest BCUT2D eigenvalue weighted by molar-refractivity contribution is -0.131. The summed E-state index contributed by atoms with van der Waals surface area (Å²) in [5.74, 6) is 0.0555. The minimum Gasteiger partial charge on any atom is -0.381 e. The highest BCUT2D eigenvalue weighted by Crippen LogP contribution is 2.35. The molecular formula is C21H25NO3. The van der Waals surface area contributed by atoms with Crippen molar-refractivity contribution >= 4 is 5.91 Å². The normalized spacial score (nSPS) is 17.6. The van der Waals surface area contributed by atoms with Gasteiger partial charge < -0.3 is 14.8 Å². The van der Waals surface area contributed by atoms with Gasteiger partial charge >= 0.3 is 0 Å². The van der Waals surface area contributed by atoms with E-state index in [4.69, 9.17) is 9.47 Å². The van der Waals surface area contributed by atoms with E-state index in [0.717, 1.165) is 11.1 Å². The van der Waals surface area contributed by atoms with Crippen LogP contribution in [0.5, 0.6) is 0 Å². The highest BCUT2D eigenvalue weighted by atomic mass is 16.5. The van der Waals surface area contributed by atoms with Crippen molar-refractivity contribution in [3.8, 4) is 0 Å². The van der Waals surface area contributed by atoms with Crippen molar-refractivity contribution < 1.29 is 14.3 Å². The molecule has 4 heteroatoms. The number of nitrogens with one attached hydrogen (secondary N) is 1. The first kappa shape index (κ1) is 17.6. The first-order valence-corrected chi connectivity index (χ1v) is 8.75. The van der Waals surface area contributed by atoms with Crippen LogP contribution in [0, 0.1) is 0 Å². The number of amides is 1. The van der Waals surface area contributed by atoms with Crippen molar-refractivity contribution in [3.05, 3.63) is 71.8 Å². The molecule has 1 amide bonds. The second-order valence-corrected chi connectivity index (χ2v) is 6.41. The van der Waals surface area contributed by atoms with Crippen LogP contribution in [-0.4, -0.2) is 32.8 Å². The van der Waals surface area contributed by atoms with Crippen LogP contribution in [0.2, 0.25) is 0 Å².